The Morgan fingerprint density at radius 1 is 1.20 bits per heavy atom. The van der Waals surface area contributed by atoms with Crippen LogP contribution < -0.4 is 5.32 Å². The largest absolute Gasteiger partial charge is 0.350 e. The minimum Gasteiger partial charge on any atom is -0.350 e. The van der Waals surface area contributed by atoms with Crippen molar-refractivity contribution >= 4 is 22.9 Å². The molecule has 2 heterocycles. The van der Waals surface area contributed by atoms with Crippen LogP contribution in [-0.2, 0) is 13.0 Å². The monoisotopic (exact) mass is 421 g/mol. The zero-order valence-corrected chi connectivity index (χ0v) is 17.5. The molecule has 2 aromatic carbocycles. The molecular formula is C23H23N3O3S. The first-order valence-electron chi connectivity index (χ1n) is 9.91. The maximum Gasteiger partial charge on any atom is 0.285 e. The van der Waals surface area contributed by atoms with Crippen LogP contribution in [-0.4, -0.2) is 28.8 Å². The molecule has 0 radical (unpaired) electrons. The number of nitrogens with one attached hydrogen (secondary N) is 1. The fraction of sp³-hybridized carbons (Fsp3) is 0.261. The lowest BCUT2D eigenvalue weighted by Crippen LogP contribution is -2.40. The first-order valence-corrected chi connectivity index (χ1v) is 10.8. The van der Waals surface area contributed by atoms with Gasteiger partial charge in [0.25, 0.3) is 11.6 Å². The number of carbonyl (C=O) groups is 1. The van der Waals surface area contributed by atoms with Gasteiger partial charge in [-0.3, -0.25) is 19.8 Å². The van der Waals surface area contributed by atoms with Gasteiger partial charge in [-0.05, 0) is 42.0 Å². The fourth-order valence-corrected chi connectivity index (χ4v) is 4.93. The number of benzene rings is 2. The third-order valence-electron chi connectivity index (χ3n) is 5.58. The number of thiophene rings is 1. The van der Waals surface area contributed by atoms with E-state index in [0.717, 1.165) is 25.1 Å². The molecule has 1 amide bonds. The zero-order valence-electron chi connectivity index (χ0n) is 16.7. The molecule has 0 spiro atoms. The number of aryl methyl sites for hydroxylation is 1. The van der Waals surface area contributed by atoms with E-state index in [1.165, 1.54) is 16.5 Å². The minimum absolute atomic E-state index is 0.00735. The van der Waals surface area contributed by atoms with Crippen molar-refractivity contribution in [1.29, 1.82) is 0 Å². The van der Waals surface area contributed by atoms with Crippen LogP contribution in [0.2, 0.25) is 0 Å². The van der Waals surface area contributed by atoms with Crippen LogP contribution in [0.4, 0.5) is 5.69 Å². The Hall–Kier alpha value is -3.03. The van der Waals surface area contributed by atoms with Crippen LogP contribution in [0, 0.1) is 17.0 Å². The maximum atomic E-state index is 12.9. The second kappa shape index (κ2) is 8.77. The standard InChI is InChI=1S/C23H23N3O3S/c1-16-6-5-9-19(22(16)26(28)29)23(27)24-14-20(17-7-3-2-4-8-17)25-12-10-21-18(15-25)11-13-30-21/h2-9,11,13,20H,10,12,14-15H2,1H3,(H,24,27)/t20-/m0/s1. The fourth-order valence-electron chi connectivity index (χ4n) is 4.04. The SMILES string of the molecule is Cc1cccc(C(=O)NC[C@@H](c2ccccc2)N2CCc3sccc3C2)c1[N+](=O)[O-]. The molecule has 1 N–H and O–H groups in total. The van der Waals surface area contributed by atoms with Crippen molar-refractivity contribution in [2.24, 2.45) is 0 Å². The lowest BCUT2D eigenvalue weighted by Gasteiger charge is -2.35. The molecule has 0 fully saturated rings. The van der Waals surface area contributed by atoms with Crippen molar-refractivity contribution in [2.45, 2.75) is 25.9 Å². The Kier molecular flexibility index (Phi) is 5.92. The topological polar surface area (TPSA) is 75.5 Å². The number of nitro benzene ring substituents is 1. The van der Waals surface area contributed by atoms with E-state index in [4.69, 9.17) is 0 Å². The molecule has 3 aromatic rings. The Balaban J connectivity index is 1.56. The number of carbonyl (C=O) groups excluding carboxylic acids is 1. The average Bonchev–Trinajstić information content (AvgIpc) is 3.22. The molecular weight excluding hydrogens is 398 g/mol. The van der Waals surface area contributed by atoms with E-state index in [9.17, 15) is 14.9 Å². The third-order valence-corrected chi connectivity index (χ3v) is 6.61. The Morgan fingerprint density at radius 2 is 2.00 bits per heavy atom. The van der Waals surface area contributed by atoms with Gasteiger partial charge in [0.05, 0.1) is 11.0 Å². The van der Waals surface area contributed by atoms with Gasteiger partial charge in [-0.25, -0.2) is 0 Å². The van der Waals surface area contributed by atoms with Crippen molar-refractivity contribution in [2.75, 3.05) is 13.1 Å². The van der Waals surface area contributed by atoms with Crippen molar-refractivity contribution in [3.05, 3.63) is 97.2 Å². The van der Waals surface area contributed by atoms with Crippen LogP contribution in [0.1, 0.15) is 38.0 Å². The first-order chi connectivity index (χ1) is 14.5. The highest BCUT2D eigenvalue weighted by atomic mass is 32.1. The summed E-state index contributed by atoms with van der Waals surface area (Å²) in [5.41, 5.74) is 2.91. The van der Waals surface area contributed by atoms with E-state index in [2.05, 4.69) is 33.8 Å². The number of nitrogens with zero attached hydrogens (tertiary/aromatic N) is 2. The molecule has 4 rings (SSSR count). The predicted octanol–water partition coefficient (Wildman–Crippen LogP) is 4.49. The quantitative estimate of drug-likeness (QED) is 0.470. The Labute approximate surface area is 179 Å². The second-order valence-corrected chi connectivity index (χ2v) is 8.45. The van der Waals surface area contributed by atoms with Gasteiger partial charge < -0.3 is 5.32 Å². The number of para-hydroxylation sites is 1. The van der Waals surface area contributed by atoms with Crippen molar-refractivity contribution in [3.63, 3.8) is 0 Å². The molecule has 1 atom stereocenters. The first kappa shape index (κ1) is 20.3. The molecule has 6 nitrogen and oxygen atoms in total. The van der Waals surface area contributed by atoms with Gasteiger partial charge in [0.15, 0.2) is 0 Å². The summed E-state index contributed by atoms with van der Waals surface area (Å²) in [6.07, 6.45) is 0.994. The van der Waals surface area contributed by atoms with Crippen LogP contribution >= 0.6 is 11.3 Å². The van der Waals surface area contributed by atoms with Crippen LogP contribution in [0.3, 0.4) is 0 Å². The van der Waals surface area contributed by atoms with E-state index in [-0.39, 0.29) is 17.3 Å². The molecule has 1 aliphatic rings. The number of amides is 1. The highest BCUT2D eigenvalue weighted by Gasteiger charge is 2.27. The maximum absolute atomic E-state index is 12.9. The lowest BCUT2D eigenvalue weighted by molar-refractivity contribution is -0.385. The van der Waals surface area contributed by atoms with Crippen LogP contribution in [0.25, 0.3) is 0 Å². The molecule has 154 valence electrons. The number of nitro groups is 1. The number of fused-ring (bicyclic) bond motifs is 1. The number of hydrogen-bond acceptors (Lipinski definition) is 5. The van der Waals surface area contributed by atoms with E-state index in [1.807, 2.05) is 18.2 Å². The van der Waals surface area contributed by atoms with Gasteiger partial charge in [0.1, 0.15) is 5.56 Å². The van der Waals surface area contributed by atoms with Gasteiger partial charge in [-0.15, -0.1) is 11.3 Å². The summed E-state index contributed by atoms with van der Waals surface area (Å²) in [7, 11) is 0. The normalized spacial score (nSPS) is 14.7. The molecule has 0 unspecified atom stereocenters. The van der Waals surface area contributed by atoms with Gasteiger partial charge in [-0.2, -0.15) is 0 Å². The van der Waals surface area contributed by atoms with E-state index >= 15 is 0 Å². The van der Waals surface area contributed by atoms with Crippen LogP contribution in [0.5, 0.6) is 0 Å². The van der Waals surface area contributed by atoms with E-state index < -0.39 is 10.8 Å². The van der Waals surface area contributed by atoms with Crippen molar-refractivity contribution < 1.29 is 9.72 Å². The third kappa shape index (κ3) is 4.13. The summed E-state index contributed by atoms with van der Waals surface area (Å²) < 4.78 is 0. The van der Waals surface area contributed by atoms with Crippen molar-refractivity contribution in [3.8, 4) is 0 Å². The minimum atomic E-state index is -0.484. The smallest absolute Gasteiger partial charge is 0.285 e. The van der Waals surface area contributed by atoms with E-state index in [1.54, 1.807) is 30.4 Å². The number of rotatable bonds is 6. The summed E-state index contributed by atoms with van der Waals surface area (Å²) in [4.78, 5) is 27.6. The Bertz CT molecular complexity index is 1060. The van der Waals surface area contributed by atoms with Crippen molar-refractivity contribution in [1.82, 2.24) is 10.2 Å². The number of hydrogen-bond donors (Lipinski definition) is 1. The highest BCUT2D eigenvalue weighted by molar-refractivity contribution is 7.10. The van der Waals surface area contributed by atoms with E-state index in [0.29, 0.717) is 12.1 Å². The molecule has 30 heavy (non-hydrogen) atoms. The molecule has 1 aliphatic heterocycles. The summed E-state index contributed by atoms with van der Waals surface area (Å²) in [6, 6.07) is 17.1. The molecule has 0 bridgehead atoms. The Morgan fingerprint density at radius 3 is 2.77 bits per heavy atom. The molecule has 7 heteroatoms. The molecule has 0 saturated heterocycles. The summed E-state index contributed by atoms with van der Waals surface area (Å²) >= 11 is 1.80. The molecule has 0 saturated carbocycles. The van der Waals surface area contributed by atoms with Crippen LogP contribution in [0.15, 0.2) is 60.0 Å². The van der Waals surface area contributed by atoms with Gasteiger partial charge in [0.2, 0.25) is 0 Å². The summed E-state index contributed by atoms with van der Waals surface area (Å²) in [5.74, 6) is -0.417. The predicted molar refractivity (Wildman–Crippen MR) is 118 cm³/mol. The summed E-state index contributed by atoms with van der Waals surface area (Å²) in [5, 5.41) is 16.5. The lowest BCUT2D eigenvalue weighted by atomic mass is 10.0. The zero-order chi connectivity index (χ0) is 21.1. The second-order valence-electron chi connectivity index (χ2n) is 7.45. The highest BCUT2D eigenvalue weighted by Crippen LogP contribution is 2.30. The van der Waals surface area contributed by atoms with Gasteiger partial charge in [0, 0.05) is 30.1 Å². The average molecular weight is 422 g/mol. The molecule has 0 aliphatic carbocycles. The van der Waals surface area contributed by atoms with Gasteiger partial charge >= 0.3 is 0 Å². The van der Waals surface area contributed by atoms with Gasteiger partial charge in [-0.1, -0.05) is 42.5 Å². The molecule has 1 aromatic heterocycles. The summed E-state index contributed by atoms with van der Waals surface area (Å²) in [6.45, 7) is 3.77.